The van der Waals surface area contributed by atoms with E-state index in [1.54, 1.807) is 12.4 Å². The summed E-state index contributed by atoms with van der Waals surface area (Å²) >= 11 is 0. The normalized spacial score (nSPS) is 15.8. The van der Waals surface area contributed by atoms with Crippen LogP contribution in [0.1, 0.15) is 25.5 Å². The maximum absolute atomic E-state index is 4.20. The third-order valence-electron chi connectivity index (χ3n) is 1.78. The van der Waals surface area contributed by atoms with Crippen LogP contribution in [-0.2, 0) is 0 Å². The Labute approximate surface area is 73.2 Å². The second-order valence-corrected chi connectivity index (χ2v) is 2.49. The fraction of sp³-hybridized carbons (Fsp3) is 0.556. The molecule has 0 atom stereocenters. The maximum Gasteiger partial charge on any atom is 0.0642 e. The van der Waals surface area contributed by atoms with Crippen molar-refractivity contribution in [3.05, 3.63) is 24.3 Å². The molecule has 3 nitrogen and oxygen atoms in total. The van der Waals surface area contributed by atoms with Crippen molar-refractivity contribution in [2.24, 2.45) is 0 Å². The summed E-state index contributed by atoms with van der Waals surface area (Å²) in [6.45, 7) is 6.11. The van der Waals surface area contributed by atoms with Gasteiger partial charge in [-0.3, -0.25) is 9.97 Å². The molecule has 0 unspecified atom stereocenters. The predicted octanol–water partition coefficient (Wildman–Crippen LogP) is 1.19. The van der Waals surface area contributed by atoms with Crippen molar-refractivity contribution < 1.29 is 0 Å². The molecule has 1 N–H and O–H groups in total. The molecule has 2 heterocycles. The predicted molar refractivity (Wildman–Crippen MR) is 49.0 cm³/mol. The van der Waals surface area contributed by atoms with Crippen LogP contribution in [0.3, 0.4) is 0 Å². The zero-order valence-electron chi connectivity index (χ0n) is 7.62. The van der Waals surface area contributed by atoms with E-state index in [1.165, 1.54) is 0 Å². The number of hydrogen-bond acceptors (Lipinski definition) is 3. The maximum atomic E-state index is 4.20. The molecule has 0 bridgehead atoms. The first kappa shape index (κ1) is 9.13. The van der Waals surface area contributed by atoms with Crippen LogP contribution in [0.4, 0.5) is 0 Å². The van der Waals surface area contributed by atoms with Crippen LogP contribution in [0.15, 0.2) is 18.6 Å². The van der Waals surface area contributed by atoms with E-state index < -0.39 is 0 Å². The number of aromatic nitrogens is 2. The summed E-state index contributed by atoms with van der Waals surface area (Å²) in [6.07, 6.45) is 5.29. The molecule has 1 fully saturated rings. The van der Waals surface area contributed by atoms with Gasteiger partial charge in [0.25, 0.3) is 0 Å². The Balaban J connectivity index is 0.000000336. The van der Waals surface area contributed by atoms with Gasteiger partial charge in [-0.15, -0.1) is 0 Å². The molecule has 1 aliphatic rings. The molecule has 0 radical (unpaired) electrons. The Morgan fingerprint density at radius 1 is 1.33 bits per heavy atom. The second kappa shape index (κ2) is 4.83. The minimum atomic E-state index is 0.605. The van der Waals surface area contributed by atoms with Crippen LogP contribution in [0.25, 0.3) is 0 Å². The Bertz CT molecular complexity index is 206. The number of hydrogen-bond donors (Lipinski definition) is 1. The SMILES string of the molecule is CC.c1cnc(C2CNC2)cn1. The fourth-order valence-electron chi connectivity index (χ4n) is 1.02. The molecule has 66 valence electrons. The van der Waals surface area contributed by atoms with Crippen LogP contribution in [0, 0.1) is 0 Å². The summed E-state index contributed by atoms with van der Waals surface area (Å²) in [7, 11) is 0. The standard InChI is InChI=1S/C7H9N3.C2H6/c1-2-10-7(5-8-1)6-3-9-4-6;1-2/h1-2,5-6,9H,3-4H2;1-2H3. The van der Waals surface area contributed by atoms with Gasteiger partial charge in [-0.2, -0.15) is 0 Å². The monoisotopic (exact) mass is 165 g/mol. The van der Waals surface area contributed by atoms with Gasteiger partial charge < -0.3 is 5.32 Å². The molecule has 0 aliphatic carbocycles. The lowest BCUT2D eigenvalue weighted by atomic mass is 10.0. The molecule has 1 aromatic heterocycles. The number of nitrogens with one attached hydrogen (secondary N) is 1. The fourth-order valence-corrected chi connectivity index (χ4v) is 1.02. The van der Waals surface area contributed by atoms with E-state index in [-0.39, 0.29) is 0 Å². The van der Waals surface area contributed by atoms with Crippen LogP contribution in [0.2, 0.25) is 0 Å². The third kappa shape index (κ3) is 2.01. The average Bonchev–Trinajstić information content (AvgIpc) is 2.07. The summed E-state index contributed by atoms with van der Waals surface area (Å²) in [5.41, 5.74) is 1.11. The molecule has 0 saturated carbocycles. The molecule has 1 aliphatic heterocycles. The van der Waals surface area contributed by atoms with Crippen molar-refractivity contribution in [3.63, 3.8) is 0 Å². The Hall–Kier alpha value is -0.960. The van der Waals surface area contributed by atoms with Gasteiger partial charge in [0.2, 0.25) is 0 Å². The van der Waals surface area contributed by atoms with Gasteiger partial charge in [-0.1, -0.05) is 13.8 Å². The summed E-state index contributed by atoms with van der Waals surface area (Å²) in [4.78, 5) is 8.20. The largest absolute Gasteiger partial charge is 0.315 e. The highest BCUT2D eigenvalue weighted by Crippen LogP contribution is 2.14. The Morgan fingerprint density at radius 2 is 2.08 bits per heavy atom. The highest BCUT2D eigenvalue weighted by Gasteiger charge is 2.19. The van der Waals surface area contributed by atoms with E-state index >= 15 is 0 Å². The smallest absolute Gasteiger partial charge is 0.0642 e. The lowest BCUT2D eigenvalue weighted by Gasteiger charge is -2.25. The van der Waals surface area contributed by atoms with Crippen LogP contribution in [0.5, 0.6) is 0 Å². The van der Waals surface area contributed by atoms with Gasteiger partial charge >= 0.3 is 0 Å². The van der Waals surface area contributed by atoms with Crippen LogP contribution >= 0.6 is 0 Å². The van der Waals surface area contributed by atoms with Gasteiger partial charge in [0, 0.05) is 37.6 Å². The van der Waals surface area contributed by atoms with Crippen molar-refractivity contribution in [1.82, 2.24) is 15.3 Å². The summed E-state index contributed by atoms with van der Waals surface area (Å²) in [5.74, 6) is 0.605. The minimum absolute atomic E-state index is 0.605. The van der Waals surface area contributed by atoms with Gasteiger partial charge in [0.05, 0.1) is 5.69 Å². The second-order valence-electron chi connectivity index (χ2n) is 2.49. The molecule has 0 amide bonds. The summed E-state index contributed by atoms with van der Waals surface area (Å²) in [6, 6.07) is 0. The average molecular weight is 165 g/mol. The van der Waals surface area contributed by atoms with E-state index in [0.29, 0.717) is 5.92 Å². The van der Waals surface area contributed by atoms with Gasteiger partial charge in [-0.25, -0.2) is 0 Å². The Kier molecular flexibility index (Phi) is 3.67. The van der Waals surface area contributed by atoms with E-state index in [4.69, 9.17) is 0 Å². The highest BCUT2D eigenvalue weighted by atomic mass is 15.0. The molecule has 0 spiro atoms. The molecular weight excluding hydrogens is 150 g/mol. The molecular formula is C9H15N3. The van der Waals surface area contributed by atoms with Crippen molar-refractivity contribution in [3.8, 4) is 0 Å². The number of nitrogens with zero attached hydrogens (tertiary/aromatic N) is 2. The quantitative estimate of drug-likeness (QED) is 0.679. The first-order chi connectivity index (χ1) is 5.97. The first-order valence-electron chi connectivity index (χ1n) is 4.43. The zero-order valence-corrected chi connectivity index (χ0v) is 7.62. The first-order valence-corrected chi connectivity index (χ1v) is 4.43. The highest BCUT2D eigenvalue weighted by molar-refractivity contribution is 5.08. The summed E-state index contributed by atoms with van der Waals surface area (Å²) in [5, 5.41) is 3.19. The molecule has 1 aromatic rings. The van der Waals surface area contributed by atoms with Crippen molar-refractivity contribution in [2.75, 3.05) is 13.1 Å². The van der Waals surface area contributed by atoms with E-state index in [9.17, 15) is 0 Å². The topological polar surface area (TPSA) is 37.8 Å². The van der Waals surface area contributed by atoms with Gasteiger partial charge in [0.1, 0.15) is 0 Å². The van der Waals surface area contributed by atoms with E-state index in [1.807, 2.05) is 20.0 Å². The molecule has 12 heavy (non-hydrogen) atoms. The molecule has 3 heteroatoms. The number of rotatable bonds is 1. The van der Waals surface area contributed by atoms with E-state index in [0.717, 1.165) is 18.8 Å². The zero-order chi connectivity index (χ0) is 8.81. The van der Waals surface area contributed by atoms with Crippen molar-refractivity contribution in [1.29, 1.82) is 0 Å². The summed E-state index contributed by atoms with van der Waals surface area (Å²) < 4.78 is 0. The molecule has 0 aromatic carbocycles. The van der Waals surface area contributed by atoms with Gasteiger partial charge in [0.15, 0.2) is 0 Å². The van der Waals surface area contributed by atoms with Crippen LogP contribution < -0.4 is 5.32 Å². The Morgan fingerprint density at radius 3 is 2.50 bits per heavy atom. The lowest BCUT2D eigenvalue weighted by Crippen LogP contribution is -2.40. The molecule has 2 rings (SSSR count). The molecule has 1 saturated heterocycles. The van der Waals surface area contributed by atoms with E-state index in [2.05, 4.69) is 15.3 Å². The minimum Gasteiger partial charge on any atom is -0.315 e. The third-order valence-corrected chi connectivity index (χ3v) is 1.78. The van der Waals surface area contributed by atoms with Crippen molar-refractivity contribution in [2.45, 2.75) is 19.8 Å². The van der Waals surface area contributed by atoms with Gasteiger partial charge in [-0.05, 0) is 0 Å². The van der Waals surface area contributed by atoms with Crippen molar-refractivity contribution >= 4 is 0 Å². The lowest BCUT2D eigenvalue weighted by molar-refractivity contribution is 0.438. The van der Waals surface area contributed by atoms with Crippen LogP contribution in [-0.4, -0.2) is 23.1 Å².